The molecule has 2 aromatic heterocycles. The number of fused-ring (bicyclic) bond motifs is 2. The fourth-order valence-electron chi connectivity index (χ4n) is 4.34. The molecule has 13 heteroatoms. The number of hydrogen-bond acceptors (Lipinski definition) is 8. The lowest BCUT2D eigenvalue weighted by atomic mass is 9.78. The smallest absolute Gasteiger partial charge is 0.390 e. The highest BCUT2D eigenvalue weighted by atomic mass is 35.5. The minimum absolute atomic E-state index is 0.00954. The fourth-order valence-corrected chi connectivity index (χ4v) is 4.91. The molecule has 1 fully saturated rings. The summed E-state index contributed by atoms with van der Waals surface area (Å²) in [7, 11) is -3.08. The van der Waals surface area contributed by atoms with E-state index in [1.165, 1.54) is 6.33 Å². The number of nitrogens with zero attached hydrogens (tertiary/aromatic N) is 4. The Morgan fingerprint density at radius 3 is 2.86 bits per heavy atom. The predicted molar refractivity (Wildman–Crippen MR) is 98.6 cm³/mol. The van der Waals surface area contributed by atoms with Crippen molar-refractivity contribution in [3.63, 3.8) is 0 Å². The number of phosphoric acid groups is 1. The molecule has 0 bridgehead atoms. The minimum atomic E-state index is -4.74. The molecule has 11 nitrogen and oxygen atoms in total. The second-order valence-electron chi connectivity index (χ2n) is 7.00. The molecule has 2 aromatic rings. The van der Waals surface area contributed by atoms with Gasteiger partial charge in [-0.25, -0.2) is 9.55 Å². The molecule has 0 aromatic carbocycles. The summed E-state index contributed by atoms with van der Waals surface area (Å²) in [6, 6.07) is -0.685. The number of aromatic nitrogens is 4. The van der Waals surface area contributed by atoms with E-state index in [2.05, 4.69) is 20.3 Å². The van der Waals surface area contributed by atoms with Crippen LogP contribution in [-0.2, 0) is 9.09 Å². The van der Waals surface area contributed by atoms with E-state index >= 15 is 0 Å². The average Bonchev–Trinajstić information content (AvgIpc) is 3.28. The number of aliphatic hydroxyl groups is 2. The van der Waals surface area contributed by atoms with Crippen molar-refractivity contribution in [2.24, 2.45) is 11.3 Å². The molecule has 0 spiro atoms. The molecule has 0 saturated heterocycles. The van der Waals surface area contributed by atoms with Gasteiger partial charge in [0.25, 0.3) is 0 Å². The van der Waals surface area contributed by atoms with Crippen molar-refractivity contribution in [2.45, 2.75) is 24.7 Å². The molecule has 5 atom stereocenters. The molecule has 0 radical (unpaired) electrons. The summed E-state index contributed by atoms with van der Waals surface area (Å²) in [5.74, 6) is -0.0481. The molecule has 2 aliphatic carbocycles. The molecule has 0 aliphatic heterocycles. The highest BCUT2D eigenvalue weighted by Gasteiger charge is 2.61. The number of imidazole rings is 1. The van der Waals surface area contributed by atoms with E-state index in [9.17, 15) is 14.8 Å². The van der Waals surface area contributed by atoms with E-state index < -0.39 is 44.0 Å². The van der Waals surface area contributed by atoms with Gasteiger partial charge in [0.1, 0.15) is 6.10 Å². The lowest BCUT2D eigenvalue weighted by Gasteiger charge is -2.33. The van der Waals surface area contributed by atoms with Crippen LogP contribution in [0.4, 0.5) is 5.82 Å². The Kier molecular flexibility index (Phi) is 4.74. The minimum Gasteiger partial charge on any atom is -0.390 e. The lowest BCUT2D eigenvalue weighted by molar-refractivity contribution is -0.0490. The SMILES string of the molecule is CNc1nc(Cl)nc2c1ncn2[C@H]1[C@H](O)[C@H](O)[C@]2(COP(=O)(O)O)CC=C[C@H]12. The Hall–Kier alpha value is -1.59. The van der Waals surface area contributed by atoms with Crippen molar-refractivity contribution in [3.05, 3.63) is 23.8 Å². The first-order valence-electron chi connectivity index (χ1n) is 8.48. The first-order valence-corrected chi connectivity index (χ1v) is 10.4. The molecule has 28 heavy (non-hydrogen) atoms. The van der Waals surface area contributed by atoms with Crippen LogP contribution in [0.25, 0.3) is 11.2 Å². The summed E-state index contributed by atoms with van der Waals surface area (Å²) in [5.41, 5.74) is -0.267. The monoisotopic (exact) mass is 431 g/mol. The van der Waals surface area contributed by atoms with Gasteiger partial charge in [0, 0.05) is 18.4 Å². The molecule has 4 rings (SSSR count). The second kappa shape index (κ2) is 6.74. The van der Waals surface area contributed by atoms with Gasteiger partial charge in [0.15, 0.2) is 17.0 Å². The predicted octanol–water partition coefficient (Wildman–Crippen LogP) is 0.470. The van der Waals surface area contributed by atoms with Gasteiger partial charge < -0.3 is 29.9 Å². The number of rotatable bonds is 5. The van der Waals surface area contributed by atoms with Crippen LogP contribution < -0.4 is 5.32 Å². The molecule has 2 heterocycles. The Bertz CT molecular complexity index is 995. The molecule has 0 amide bonds. The number of anilines is 1. The lowest BCUT2D eigenvalue weighted by Crippen LogP contribution is -2.40. The van der Waals surface area contributed by atoms with Crippen molar-refractivity contribution >= 4 is 36.4 Å². The van der Waals surface area contributed by atoms with E-state index in [4.69, 9.17) is 25.9 Å². The van der Waals surface area contributed by atoms with E-state index in [-0.39, 0.29) is 5.28 Å². The van der Waals surface area contributed by atoms with Crippen LogP contribution in [0.1, 0.15) is 12.5 Å². The zero-order valence-electron chi connectivity index (χ0n) is 14.7. The van der Waals surface area contributed by atoms with Crippen molar-refractivity contribution in [3.8, 4) is 0 Å². The van der Waals surface area contributed by atoms with Crippen molar-refractivity contribution in [1.82, 2.24) is 19.5 Å². The van der Waals surface area contributed by atoms with Crippen LogP contribution in [0.3, 0.4) is 0 Å². The van der Waals surface area contributed by atoms with Gasteiger partial charge in [-0.2, -0.15) is 9.97 Å². The van der Waals surface area contributed by atoms with Crippen LogP contribution in [0.2, 0.25) is 5.28 Å². The number of phosphoric ester groups is 1. The van der Waals surface area contributed by atoms with E-state index in [0.717, 1.165) is 0 Å². The summed E-state index contributed by atoms with van der Waals surface area (Å²) in [6.45, 7) is -0.409. The molecule has 0 unspecified atom stereocenters. The van der Waals surface area contributed by atoms with Crippen LogP contribution in [0.15, 0.2) is 18.5 Å². The van der Waals surface area contributed by atoms with E-state index in [1.54, 1.807) is 23.8 Å². The van der Waals surface area contributed by atoms with Crippen molar-refractivity contribution in [1.29, 1.82) is 0 Å². The fraction of sp³-hybridized carbons (Fsp3) is 0.533. The van der Waals surface area contributed by atoms with Crippen LogP contribution in [0.5, 0.6) is 0 Å². The molecule has 2 aliphatic rings. The van der Waals surface area contributed by atoms with Gasteiger partial charge in [-0.05, 0) is 18.0 Å². The number of hydrogen-bond donors (Lipinski definition) is 5. The number of aliphatic hydroxyl groups excluding tert-OH is 2. The maximum Gasteiger partial charge on any atom is 0.469 e. The first kappa shape index (κ1) is 19.7. The normalized spacial score (nSPS) is 32.2. The second-order valence-corrected chi connectivity index (χ2v) is 8.57. The van der Waals surface area contributed by atoms with Crippen LogP contribution >= 0.6 is 19.4 Å². The molecular formula is C15H19ClN5O6P. The largest absolute Gasteiger partial charge is 0.469 e. The quantitative estimate of drug-likeness (QED) is 0.255. The summed E-state index contributed by atoms with van der Waals surface area (Å²) in [6.07, 6.45) is 2.87. The topological polar surface area (TPSA) is 163 Å². The van der Waals surface area contributed by atoms with E-state index in [0.29, 0.717) is 23.4 Å². The van der Waals surface area contributed by atoms with Gasteiger partial charge >= 0.3 is 7.82 Å². The zero-order chi connectivity index (χ0) is 20.3. The Morgan fingerprint density at radius 2 is 2.18 bits per heavy atom. The van der Waals surface area contributed by atoms with Gasteiger partial charge in [-0.1, -0.05) is 12.2 Å². The van der Waals surface area contributed by atoms with Crippen molar-refractivity contribution in [2.75, 3.05) is 19.0 Å². The zero-order valence-corrected chi connectivity index (χ0v) is 16.3. The van der Waals surface area contributed by atoms with E-state index in [1.807, 2.05) is 0 Å². The standard InChI is InChI=1S/C15H19ClN5O6P/c1-17-12-8-13(20-14(16)19-12)21(6-18-8)9-7-3-2-4-15(7,11(23)10(9)22)5-27-28(24,25)26/h2-3,6-7,9-11,22-23H,4-5H2,1H3,(H,17,19,20)(H2,24,25,26)/t7-,9-,10+,11+,15+/m1/s1. The molecule has 5 N–H and O–H groups in total. The summed E-state index contributed by atoms with van der Waals surface area (Å²) in [4.78, 5) is 30.8. The summed E-state index contributed by atoms with van der Waals surface area (Å²) in [5, 5.41) is 24.5. The highest BCUT2D eigenvalue weighted by molar-refractivity contribution is 7.46. The maximum atomic E-state index is 11.2. The number of halogens is 1. The molecule has 1 saturated carbocycles. The Morgan fingerprint density at radius 1 is 1.43 bits per heavy atom. The van der Waals surface area contributed by atoms with Gasteiger partial charge in [0.2, 0.25) is 5.28 Å². The third-order valence-electron chi connectivity index (χ3n) is 5.59. The first-order chi connectivity index (χ1) is 13.2. The maximum absolute atomic E-state index is 11.2. The third-order valence-corrected chi connectivity index (χ3v) is 6.22. The Labute approximate surface area is 164 Å². The van der Waals surface area contributed by atoms with Gasteiger partial charge in [-0.3, -0.25) is 4.52 Å². The number of allylic oxidation sites excluding steroid dienone is 2. The molecular weight excluding hydrogens is 413 g/mol. The highest BCUT2D eigenvalue weighted by Crippen LogP contribution is 2.57. The third kappa shape index (κ3) is 2.94. The summed E-state index contributed by atoms with van der Waals surface area (Å²) < 4.78 is 17.5. The van der Waals surface area contributed by atoms with Crippen LogP contribution in [-0.4, -0.2) is 65.4 Å². The van der Waals surface area contributed by atoms with Gasteiger partial charge in [-0.15, -0.1) is 0 Å². The van der Waals surface area contributed by atoms with Gasteiger partial charge in [0.05, 0.1) is 25.1 Å². The Balaban J connectivity index is 1.79. The van der Waals surface area contributed by atoms with Crippen LogP contribution in [0, 0.1) is 11.3 Å². The molecule has 152 valence electrons. The summed E-state index contributed by atoms with van der Waals surface area (Å²) >= 11 is 6.01. The van der Waals surface area contributed by atoms with Crippen molar-refractivity contribution < 1.29 is 29.1 Å². The average molecular weight is 432 g/mol. The number of nitrogens with one attached hydrogen (secondary N) is 1.